The van der Waals surface area contributed by atoms with Crippen LogP contribution in [0.4, 0.5) is 4.79 Å². The minimum absolute atomic E-state index is 0.0184. The summed E-state index contributed by atoms with van der Waals surface area (Å²) in [5, 5.41) is 2.81. The van der Waals surface area contributed by atoms with Crippen LogP contribution in [-0.4, -0.2) is 32.5 Å². The van der Waals surface area contributed by atoms with Crippen LogP contribution >= 0.6 is 0 Å². The first kappa shape index (κ1) is 27.0. The van der Waals surface area contributed by atoms with Gasteiger partial charge in [-0.2, -0.15) is 0 Å². The van der Waals surface area contributed by atoms with Gasteiger partial charge in [-0.05, 0) is 91.3 Å². The summed E-state index contributed by atoms with van der Waals surface area (Å²) in [4.78, 5) is 12.2. The van der Waals surface area contributed by atoms with Crippen molar-refractivity contribution in [3.63, 3.8) is 0 Å². The molecule has 200 valence electrons. The first-order valence-electron chi connectivity index (χ1n) is 14.8. The number of carbonyl (C=O) groups is 1. The molecule has 0 heterocycles. The summed E-state index contributed by atoms with van der Waals surface area (Å²) in [5.74, 6) is 5.18. The minimum atomic E-state index is -0.294. The van der Waals surface area contributed by atoms with Gasteiger partial charge >= 0.3 is 6.09 Å². The highest BCUT2D eigenvalue weighted by Gasteiger charge is 2.59. The van der Waals surface area contributed by atoms with Gasteiger partial charge in [0.05, 0.1) is 6.61 Å². The first-order valence-corrected chi connectivity index (χ1v) is 14.8. The number of fused-ring (bicyclic) bond motifs is 5. The molecule has 3 saturated carbocycles. The average Bonchev–Trinajstić information content (AvgIpc) is 3.16. The Kier molecular flexibility index (Phi) is 8.61. The Hall–Kier alpha value is -1.03. The van der Waals surface area contributed by atoms with Crippen molar-refractivity contribution in [3.05, 3.63) is 11.6 Å². The Labute approximate surface area is 215 Å². The van der Waals surface area contributed by atoms with E-state index < -0.39 is 0 Å². The van der Waals surface area contributed by atoms with Gasteiger partial charge in [0.25, 0.3) is 0 Å². The lowest BCUT2D eigenvalue weighted by molar-refractivity contribution is -0.0581. The Morgan fingerprint density at radius 2 is 1.89 bits per heavy atom. The topological polar surface area (TPSA) is 47.6 Å². The van der Waals surface area contributed by atoms with Crippen molar-refractivity contribution in [3.8, 4) is 0 Å². The quantitative estimate of drug-likeness (QED) is 0.267. The van der Waals surface area contributed by atoms with Crippen LogP contribution in [0.1, 0.15) is 105 Å². The molecule has 0 bridgehead atoms. The Bertz CT molecular complexity index is 762. The van der Waals surface area contributed by atoms with Crippen molar-refractivity contribution < 1.29 is 14.3 Å². The van der Waals surface area contributed by atoms with Gasteiger partial charge in [-0.25, -0.2) is 4.79 Å². The molecule has 4 heteroatoms. The number of amides is 1. The molecule has 0 aliphatic heterocycles. The molecule has 0 aromatic carbocycles. The molecule has 4 aliphatic rings. The maximum atomic E-state index is 12.2. The molecule has 4 rings (SSSR count). The van der Waals surface area contributed by atoms with Gasteiger partial charge in [-0.3, -0.25) is 0 Å². The van der Waals surface area contributed by atoms with Crippen LogP contribution in [-0.2, 0) is 9.47 Å². The number of hydrogen-bond acceptors (Lipinski definition) is 3. The van der Waals surface area contributed by atoms with E-state index in [2.05, 4.69) is 46.0 Å². The normalized spacial score (nSPS) is 39.3. The number of alkyl carbamates (subject to hydrolysis) is 1. The number of ether oxygens (including phenoxy) is 2. The number of rotatable bonds is 9. The van der Waals surface area contributed by atoms with Crippen LogP contribution in [0.5, 0.6) is 0 Å². The number of hydrogen-bond donors (Lipinski definition) is 1. The third-order valence-electron chi connectivity index (χ3n) is 11.1. The molecule has 1 amide bonds. The van der Waals surface area contributed by atoms with Gasteiger partial charge < -0.3 is 14.8 Å². The molecule has 35 heavy (non-hydrogen) atoms. The minimum Gasteiger partial charge on any atom is -0.446 e. The molecule has 4 nitrogen and oxygen atoms in total. The van der Waals surface area contributed by atoms with Crippen molar-refractivity contribution in [2.45, 2.75) is 111 Å². The fourth-order valence-corrected chi connectivity index (χ4v) is 9.20. The summed E-state index contributed by atoms with van der Waals surface area (Å²) in [5.41, 5.74) is 2.43. The lowest BCUT2D eigenvalue weighted by Gasteiger charge is -2.58. The van der Waals surface area contributed by atoms with Crippen LogP contribution in [0.2, 0.25) is 0 Å². The molecule has 4 aliphatic carbocycles. The third kappa shape index (κ3) is 5.48. The van der Waals surface area contributed by atoms with Gasteiger partial charge in [0.2, 0.25) is 0 Å². The van der Waals surface area contributed by atoms with Crippen LogP contribution < -0.4 is 5.32 Å². The molecule has 0 spiro atoms. The van der Waals surface area contributed by atoms with E-state index in [-0.39, 0.29) is 12.2 Å². The lowest BCUT2D eigenvalue weighted by Crippen LogP contribution is -2.51. The third-order valence-corrected chi connectivity index (χ3v) is 11.1. The van der Waals surface area contributed by atoms with Crippen LogP contribution in [0.25, 0.3) is 0 Å². The maximum absolute atomic E-state index is 12.2. The molecule has 8 atom stereocenters. The second kappa shape index (κ2) is 11.2. The smallest absolute Gasteiger partial charge is 0.407 e. The van der Waals surface area contributed by atoms with Gasteiger partial charge in [0, 0.05) is 20.1 Å². The highest BCUT2D eigenvalue weighted by atomic mass is 16.6. The predicted molar refractivity (Wildman–Crippen MR) is 143 cm³/mol. The molecule has 3 fully saturated rings. The fourth-order valence-electron chi connectivity index (χ4n) is 9.20. The summed E-state index contributed by atoms with van der Waals surface area (Å²) in [6.07, 6.45) is 16.6. The van der Waals surface area contributed by atoms with E-state index in [0.717, 1.165) is 54.8 Å². The highest BCUT2D eigenvalue weighted by Crippen LogP contribution is 2.67. The number of methoxy groups -OCH3 is 1. The predicted octanol–water partition coefficient (Wildman–Crippen LogP) is 7.77. The van der Waals surface area contributed by atoms with Crippen molar-refractivity contribution in [1.29, 1.82) is 0 Å². The standard InChI is InChI=1S/C31H53NO3/c1-21(2)8-7-9-22(3)26-12-13-27-25-11-10-23-20-24(35-29(33)32-18-19-34-6)14-16-30(23,4)28(25)15-17-31(26,27)5/h10,21-22,24-28H,7-9,11-20H2,1-6H3,(H,32,33)/t22-,24+,25+,26-,27+,28+,30+,31-/m1/s1. The number of nitrogens with one attached hydrogen (secondary N) is 1. The summed E-state index contributed by atoms with van der Waals surface area (Å²) in [6.45, 7) is 13.5. The molecular weight excluding hydrogens is 434 g/mol. The van der Waals surface area contributed by atoms with Crippen molar-refractivity contribution in [2.24, 2.45) is 46.3 Å². The van der Waals surface area contributed by atoms with E-state index in [9.17, 15) is 4.79 Å². The van der Waals surface area contributed by atoms with E-state index in [4.69, 9.17) is 9.47 Å². The first-order chi connectivity index (χ1) is 16.7. The monoisotopic (exact) mass is 487 g/mol. The molecular formula is C31H53NO3. The van der Waals surface area contributed by atoms with Crippen molar-refractivity contribution >= 4 is 6.09 Å². The highest BCUT2D eigenvalue weighted by molar-refractivity contribution is 5.67. The van der Waals surface area contributed by atoms with E-state index in [0.29, 0.717) is 24.0 Å². The summed E-state index contributed by atoms with van der Waals surface area (Å²) < 4.78 is 10.8. The summed E-state index contributed by atoms with van der Waals surface area (Å²) in [7, 11) is 1.64. The van der Waals surface area contributed by atoms with E-state index in [1.807, 2.05) is 0 Å². The molecule has 0 saturated heterocycles. The second-order valence-corrected chi connectivity index (χ2v) is 13.5. The van der Waals surface area contributed by atoms with E-state index >= 15 is 0 Å². The van der Waals surface area contributed by atoms with Crippen molar-refractivity contribution in [1.82, 2.24) is 5.32 Å². The van der Waals surface area contributed by atoms with Gasteiger partial charge in [-0.15, -0.1) is 0 Å². The fraction of sp³-hybridized carbons (Fsp3) is 0.903. The molecule has 0 radical (unpaired) electrons. The SMILES string of the molecule is COCCNC(=O)O[C@H]1CC[C@@]2(C)C(=CC[C@H]3[C@@H]4CC[C@H]([C@H](C)CCCC(C)C)[C@@]4(C)CC[C@@H]32)C1. The summed E-state index contributed by atoms with van der Waals surface area (Å²) in [6, 6.07) is 0. The largest absolute Gasteiger partial charge is 0.446 e. The second-order valence-electron chi connectivity index (χ2n) is 13.5. The van der Waals surface area contributed by atoms with Crippen LogP contribution in [0.3, 0.4) is 0 Å². The van der Waals surface area contributed by atoms with Gasteiger partial charge in [0.15, 0.2) is 0 Å². The molecule has 0 aromatic rings. The zero-order valence-electron chi connectivity index (χ0n) is 23.5. The molecule has 0 unspecified atom stereocenters. The zero-order chi connectivity index (χ0) is 25.2. The number of carbonyl (C=O) groups excluding carboxylic acids is 1. The van der Waals surface area contributed by atoms with Gasteiger partial charge in [-0.1, -0.05) is 65.5 Å². The lowest BCUT2D eigenvalue weighted by atomic mass is 9.47. The molecule has 1 N–H and O–H groups in total. The van der Waals surface area contributed by atoms with Crippen LogP contribution in [0.15, 0.2) is 11.6 Å². The molecule has 0 aromatic heterocycles. The van der Waals surface area contributed by atoms with E-state index in [1.54, 1.807) is 12.7 Å². The summed E-state index contributed by atoms with van der Waals surface area (Å²) >= 11 is 0. The van der Waals surface area contributed by atoms with E-state index in [1.165, 1.54) is 51.4 Å². The Balaban J connectivity index is 1.39. The number of allylic oxidation sites excluding steroid dienone is 1. The maximum Gasteiger partial charge on any atom is 0.407 e. The van der Waals surface area contributed by atoms with Gasteiger partial charge in [0.1, 0.15) is 6.10 Å². The Morgan fingerprint density at radius 3 is 2.63 bits per heavy atom. The Morgan fingerprint density at radius 1 is 1.09 bits per heavy atom. The van der Waals surface area contributed by atoms with Crippen molar-refractivity contribution in [2.75, 3.05) is 20.3 Å². The van der Waals surface area contributed by atoms with Crippen LogP contribution in [0, 0.1) is 46.3 Å². The average molecular weight is 488 g/mol. The zero-order valence-corrected chi connectivity index (χ0v) is 23.5.